The van der Waals surface area contributed by atoms with Gasteiger partial charge in [-0.15, -0.1) is 0 Å². The van der Waals surface area contributed by atoms with Gasteiger partial charge in [0.1, 0.15) is 42.7 Å². The van der Waals surface area contributed by atoms with Crippen molar-refractivity contribution in [2.24, 2.45) is 0 Å². The van der Waals surface area contributed by atoms with Crippen molar-refractivity contribution in [2.75, 3.05) is 6.61 Å². The summed E-state index contributed by atoms with van der Waals surface area (Å²) in [6.07, 6.45) is -12.3. The molecule has 0 aromatic heterocycles. The Morgan fingerprint density at radius 3 is 2.24 bits per heavy atom. The molecule has 0 aromatic carbocycles. The monoisotopic (exact) mass is 367 g/mol. The number of aliphatic hydroxyl groups is 6. The standard InChI is InChI=1S/C14H25NO10/c1-4-8(18)10(20)11(21)14(23-4)25-12-6(3-16)24-13(22)7(9(12)19)15-5(2)17/h4,6-14,16,18-22H,3H2,1-2H3,(H,15,17)/t4-,6+,7-,8+,9-,10-,11-,12+,13+,14-/m0/s1. The highest BCUT2D eigenvalue weighted by atomic mass is 16.7. The summed E-state index contributed by atoms with van der Waals surface area (Å²) in [7, 11) is 0. The molecular weight excluding hydrogens is 342 g/mol. The Kier molecular flexibility index (Phi) is 6.70. The average molecular weight is 367 g/mol. The van der Waals surface area contributed by atoms with Crippen molar-refractivity contribution in [1.82, 2.24) is 5.32 Å². The van der Waals surface area contributed by atoms with Crippen LogP contribution in [-0.4, -0.2) is 105 Å². The van der Waals surface area contributed by atoms with Crippen LogP contribution in [0.5, 0.6) is 0 Å². The van der Waals surface area contributed by atoms with Gasteiger partial charge in [0.2, 0.25) is 5.91 Å². The van der Waals surface area contributed by atoms with E-state index >= 15 is 0 Å². The number of amides is 1. The Morgan fingerprint density at radius 1 is 1.04 bits per heavy atom. The van der Waals surface area contributed by atoms with Crippen LogP contribution in [0.15, 0.2) is 0 Å². The van der Waals surface area contributed by atoms with Crippen LogP contribution in [0.25, 0.3) is 0 Å². The van der Waals surface area contributed by atoms with E-state index in [-0.39, 0.29) is 0 Å². The molecule has 0 unspecified atom stereocenters. The van der Waals surface area contributed by atoms with Gasteiger partial charge in [-0.2, -0.15) is 0 Å². The molecule has 0 aromatic rings. The second kappa shape index (κ2) is 8.20. The molecule has 0 radical (unpaired) electrons. The number of nitrogens with one attached hydrogen (secondary N) is 1. The summed E-state index contributed by atoms with van der Waals surface area (Å²) >= 11 is 0. The van der Waals surface area contributed by atoms with E-state index in [1.165, 1.54) is 13.8 Å². The minimum Gasteiger partial charge on any atom is -0.394 e. The maximum atomic E-state index is 11.2. The Labute approximate surface area is 143 Å². The number of ether oxygens (including phenoxy) is 3. The van der Waals surface area contributed by atoms with Crippen molar-refractivity contribution in [3.63, 3.8) is 0 Å². The lowest BCUT2D eigenvalue weighted by atomic mass is 9.95. The van der Waals surface area contributed by atoms with Crippen molar-refractivity contribution >= 4 is 5.91 Å². The predicted octanol–water partition coefficient (Wildman–Crippen LogP) is -4.23. The van der Waals surface area contributed by atoms with Gasteiger partial charge in [0, 0.05) is 6.92 Å². The van der Waals surface area contributed by atoms with Gasteiger partial charge in [0.05, 0.1) is 12.7 Å². The van der Waals surface area contributed by atoms with E-state index in [4.69, 9.17) is 14.2 Å². The highest BCUT2D eigenvalue weighted by molar-refractivity contribution is 5.73. The summed E-state index contributed by atoms with van der Waals surface area (Å²) < 4.78 is 15.9. The van der Waals surface area contributed by atoms with Crippen LogP contribution in [0.3, 0.4) is 0 Å². The third-order valence-electron chi connectivity index (χ3n) is 4.34. The number of carbonyl (C=O) groups excluding carboxylic acids is 1. The van der Waals surface area contributed by atoms with Gasteiger partial charge in [0.15, 0.2) is 12.6 Å². The van der Waals surface area contributed by atoms with Crippen LogP contribution in [0.4, 0.5) is 0 Å². The Hall–Kier alpha value is -0.890. The molecule has 25 heavy (non-hydrogen) atoms. The molecule has 0 spiro atoms. The fraction of sp³-hybridized carbons (Fsp3) is 0.929. The molecule has 1 amide bonds. The van der Waals surface area contributed by atoms with Crippen molar-refractivity contribution < 1.29 is 49.6 Å². The van der Waals surface area contributed by atoms with Crippen LogP contribution in [0, 0.1) is 0 Å². The van der Waals surface area contributed by atoms with Gasteiger partial charge in [-0.1, -0.05) is 0 Å². The normalized spacial score (nSPS) is 48.2. The molecule has 146 valence electrons. The van der Waals surface area contributed by atoms with Crippen LogP contribution >= 0.6 is 0 Å². The summed E-state index contributed by atoms with van der Waals surface area (Å²) in [5.74, 6) is -0.533. The first-order chi connectivity index (χ1) is 11.7. The molecule has 7 N–H and O–H groups in total. The van der Waals surface area contributed by atoms with E-state index in [0.717, 1.165) is 0 Å². The van der Waals surface area contributed by atoms with E-state index in [1.807, 2.05) is 0 Å². The SMILES string of the molecule is CC(=O)N[C@H]1[C@H](O)[C@H](O[C@@H]2O[C@@H](C)[C@@H](O)[C@H](O)[C@@H]2O)[C@@H](CO)O[C@H]1O. The van der Waals surface area contributed by atoms with Gasteiger partial charge in [-0.3, -0.25) is 4.79 Å². The van der Waals surface area contributed by atoms with Crippen LogP contribution in [0.2, 0.25) is 0 Å². The zero-order valence-electron chi connectivity index (χ0n) is 13.8. The van der Waals surface area contributed by atoms with Crippen molar-refractivity contribution in [3.05, 3.63) is 0 Å². The highest BCUT2D eigenvalue weighted by Crippen LogP contribution is 2.28. The lowest BCUT2D eigenvalue weighted by Gasteiger charge is -2.46. The maximum absolute atomic E-state index is 11.2. The third kappa shape index (κ3) is 4.27. The van der Waals surface area contributed by atoms with Crippen molar-refractivity contribution in [2.45, 2.75) is 75.2 Å². The first-order valence-electron chi connectivity index (χ1n) is 7.92. The first-order valence-corrected chi connectivity index (χ1v) is 7.92. The summed E-state index contributed by atoms with van der Waals surface area (Å²) in [4.78, 5) is 11.2. The molecule has 2 aliphatic heterocycles. The van der Waals surface area contributed by atoms with Crippen LogP contribution < -0.4 is 5.32 Å². The summed E-state index contributed by atoms with van der Waals surface area (Å²) in [5.41, 5.74) is 0. The van der Waals surface area contributed by atoms with E-state index in [1.54, 1.807) is 0 Å². The van der Waals surface area contributed by atoms with E-state index < -0.39 is 73.9 Å². The highest BCUT2D eigenvalue weighted by Gasteiger charge is 2.50. The molecule has 0 aliphatic carbocycles. The molecule has 2 fully saturated rings. The number of carbonyl (C=O) groups is 1. The smallest absolute Gasteiger partial charge is 0.217 e. The quantitative estimate of drug-likeness (QED) is 0.257. The second-order valence-corrected chi connectivity index (χ2v) is 6.25. The summed E-state index contributed by atoms with van der Waals surface area (Å²) in [5, 5.41) is 61.5. The minimum absolute atomic E-state index is 0.533. The maximum Gasteiger partial charge on any atom is 0.217 e. The second-order valence-electron chi connectivity index (χ2n) is 6.25. The topological polar surface area (TPSA) is 178 Å². The van der Waals surface area contributed by atoms with Crippen LogP contribution in [0.1, 0.15) is 13.8 Å². The first kappa shape index (κ1) is 20.4. The molecule has 2 heterocycles. The van der Waals surface area contributed by atoms with Crippen molar-refractivity contribution in [1.29, 1.82) is 0 Å². The van der Waals surface area contributed by atoms with E-state index in [9.17, 15) is 35.4 Å². The molecular formula is C14H25NO10. The Balaban J connectivity index is 2.15. The lowest BCUT2D eigenvalue weighted by Crippen LogP contribution is -2.66. The summed E-state index contributed by atoms with van der Waals surface area (Å²) in [6.45, 7) is 2.01. The predicted molar refractivity (Wildman–Crippen MR) is 78.8 cm³/mol. The minimum atomic E-state index is -1.62. The largest absolute Gasteiger partial charge is 0.394 e. The third-order valence-corrected chi connectivity index (χ3v) is 4.34. The fourth-order valence-corrected chi connectivity index (χ4v) is 2.92. The van der Waals surface area contributed by atoms with Gasteiger partial charge < -0.3 is 50.2 Å². The number of aliphatic hydroxyl groups excluding tert-OH is 6. The fourth-order valence-electron chi connectivity index (χ4n) is 2.92. The van der Waals surface area contributed by atoms with E-state index in [2.05, 4.69) is 5.32 Å². The zero-order chi connectivity index (χ0) is 18.9. The average Bonchev–Trinajstić information content (AvgIpc) is 2.56. The van der Waals surface area contributed by atoms with Gasteiger partial charge in [0.25, 0.3) is 0 Å². The zero-order valence-corrected chi connectivity index (χ0v) is 13.8. The van der Waals surface area contributed by atoms with Crippen LogP contribution in [-0.2, 0) is 19.0 Å². The Morgan fingerprint density at radius 2 is 1.68 bits per heavy atom. The Bertz CT molecular complexity index is 465. The van der Waals surface area contributed by atoms with Gasteiger partial charge in [-0.25, -0.2) is 0 Å². The number of rotatable bonds is 4. The number of hydrogen-bond donors (Lipinski definition) is 7. The van der Waals surface area contributed by atoms with Gasteiger partial charge >= 0.3 is 0 Å². The lowest BCUT2D eigenvalue weighted by molar-refractivity contribution is -0.341. The molecule has 2 rings (SSSR count). The summed E-state index contributed by atoms with van der Waals surface area (Å²) in [6, 6.07) is -1.24. The molecule has 0 bridgehead atoms. The molecule has 2 aliphatic rings. The molecule has 0 saturated carbocycles. The molecule has 2 saturated heterocycles. The van der Waals surface area contributed by atoms with Crippen molar-refractivity contribution in [3.8, 4) is 0 Å². The molecule has 11 nitrogen and oxygen atoms in total. The van der Waals surface area contributed by atoms with E-state index in [0.29, 0.717) is 0 Å². The molecule has 11 heteroatoms. The van der Waals surface area contributed by atoms with Gasteiger partial charge in [-0.05, 0) is 6.92 Å². The number of hydrogen-bond acceptors (Lipinski definition) is 10. The molecule has 10 atom stereocenters.